The predicted molar refractivity (Wildman–Crippen MR) is 125 cm³/mol. The van der Waals surface area contributed by atoms with Crippen LogP contribution in [-0.2, 0) is 0 Å². The lowest BCUT2D eigenvalue weighted by Gasteiger charge is -2.20. The van der Waals surface area contributed by atoms with E-state index in [-0.39, 0.29) is 39.9 Å². The zero-order valence-electron chi connectivity index (χ0n) is 16.8. The Kier molecular flexibility index (Phi) is 6.11. The van der Waals surface area contributed by atoms with Gasteiger partial charge in [-0.05, 0) is 30.2 Å². The zero-order chi connectivity index (χ0) is 22.8. The van der Waals surface area contributed by atoms with E-state index in [1.165, 1.54) is 6.20 Å². The standard InChI is InChI=1S/C21H21Cl2N7O2/c22-15-7-11(12-3-5-27-28-8-12)1-2-14(15)21(32)29-13-4-6-30(10-13)20-18(31)17(19(24)25)16(23)9-26-20/h1-3,5,7-9,13,27-28,31H,4,6,10H2,(H3,24,25)(H,29,32). The number of allylic oxidation sites excluding steroid dienone is 2. The van der Waals surface area contributed by atoms with Crippen molar-refractivity contribution < 1.29 is 9.90 Å². The second kappa shape index (κ2) is 8.97. The van der Waals surface area contributed by atoms with Gasteiger partial charge in [0.15, 0.2) is 11.6 Å². The molecule has 1 aromatic heterocycles. The predicted octanol–water partition coefficient (Wildman–Crippen LogP) is 2.35. The third kappa shape index (κ3) is 4.30. The number of nitrogens with zero attached hydrogens (tertiary/aromatic N) is 2. The van der Waals surface area contributed by atoms with Gasteiger partial charge in [-0.2, -0.15) is 0 Å². The Labute approximate surface area is 194 Å². The first-order valence-corrected chi connectivity index (χ1v) is 10.6. The highest BCUT2D eigenvalue weighted by Gasteiger charge is 2.29. The van der Waals surface area contributed by atoms with Crippen LogP contribution in [0.3, 0.4) is 0 Å². The molecule has 1 amide bonds. The normalized spacial score (nSPS) is 17.4. The number of hydrogen-bond acceptors (Lipinski definition) is 7. The fraction of sp³-hybridized carbons (Fsp3) is 0.190. The first-order valence-electron chi connectivity index (χ1n) is 9.80. The summed E-state index contributed by atoms with van der Waals surface area (Å²) in [6.07, 6.45) is 7.46. The first kappa shape index (κ1) is 21.8. The Morgan fingerprint density at radius 3 is 2.81 bits per heavy atom. The molecular weight excluding hydrogens is 453 g/mol. The van der Waals surface area contributed by atoms with E-state index in [9.17, 15) is 9.90 Å². The highest BCUT2D eigenvalue weighted by Crippen LogP contribution is 2.34. The van der Waals surface area contributed by atoms with E-state index in [1.807, 2.05) is 17.0 Å². The molecule has 11 heteroatoms. The molecule has 0 bridgehead atoms. The monoisotopic (exact) mass is 473 g/mol. The lowest BCUT2D eigenvalue weighted by molar-refractivity contribution is 0.0940. The van der Waals surface area contributed by atoms with Crippen LogP contribution >= 0.6 is 23.2 Å². The minimum Gasteiger partial charge on any atom is -0.504 e. The van der Waals surface area contributed by atoms with Gasteiger partial charge in [0.2, 0.25) is 0 Å². The van der Waals surface area contributed by atoms with Gasteiger partial charge in [-0.1, -0.05) is 29.3 Å². The molecule has 0 saturated carbocycles. The average Bonchev–Trinajstić information content (AvgIpc) is 3.22. The Hall–Kier alpha value is -3.43. The average molecular weight is 474 g/mol. The van der Waals surface area contributed by atoms with Crippen molar-refractivity contribution in [2.45, 2.75) is 12.5 Å². The largest absolute Gasteiger partial charge is 0.504 e. The molecular formula is C21H21Cl2N7O2. The van der Waals surface area contributed by atoms with Crippen LogP contribution in [0, 0.1) is 5.41 Å². The fourth-order valence-corrected chi connectivity index (χ4v) is 4.20. The van der Waals surface area contributed by atoms with E-state index < -0.39 is 0 Å². The van der Waals surface area contributed by atoms with Crippen molar-refractivity contribution >= 4 is 46.3 Å². The molecule has 1 unspecified atom stereocenters. The molecule has 32 heavy (non-hydrogen) atoms. The van der Waals surface area contributed by atoms with Crippen molar-refractivity contribution in [3.63, 3.8) is 0 Å². The van der Waals surface area contributed by atoms with Crippen LogP contribution in [0.2, 0.25) is 10.0 Å². The maximum absolute atomic E-state index is 12.8. The molecule has 2 aromatic rings. The molecule has 2 aliphatic rings. The van der Waals surface area contributed by atoms with Gasteiger partial charge in [0, 0.05) is 43.3 Å². The number of amides is 1. The molecule has 4 rings (SSSR count). The lowest BCUT2D eigenvalue weighted by Crippen LogP contribution is -2.37. The molecule has 1 atom stereocenters. The van der Waals surface area contributed by atoms with Crippen LogP contribution in [0.4, 0.5) is 5.82 Å². The maximum Gasteiger partial charge on any atom is 0.253 e. The van der Waals surface area contributed by atoms with Gasteiger partial charge in [0.05, 0.1) is 21.2 Å². The number of nitrogens with two attached hydrogens (primary N) is 1. The number of hydrazine groups is 1. The van der Waals surface area contributed by atoms with Crippen molar-refractivity contribution in [2.75, 3.05) is 18.0 Å². The number of carbonyl (C=O) groups excluding carboxylic acids is 1. The molecule has 3 heterocycles. The van der Waals surface area contributed by atoms with Crippen molar-refractivity contribution in [3.05, 3.63) is 69.6 Å². The maximum atomic E-state index is 12.8. The third-order valence-corrected chi connectivity index (χ3v) is 5.88. The fourth-order valence-electron chi connectivity index (χ4n) is 3.70. The molecule has 7 N–H and O–H groups in total. The van der Waals surface area contributed by atoms with Gasteiger partial charge in [-0.25, -0.2) is 4.98 Å². The highest BCUT2D eigenvalue weighted by atomic mass is 35.5. The number of aromatic hydroxyl groups is 1. The second-order valence-electron chi connectivity index (χ2n) is 7.39. The molecule has 9 nitrogen and oxygen atoms in total. The number of nitrogens with one attached hydrogen (secondary N) is 4. The molecule has 1 saturated heterocycles. The first-order chi connectivity index (χ1) is 15.3. The van der Waals surface area contributed by atoms with Gasteiger partial charge in [-0.3, -0.25) is 10.2 Å². The number of nitrogen functional groups attached to an aromatic ring is 1. The Bertz CT molecular complexity index is 1150. The number of halogens is 2. The summed E-state index contributed by atoms with van der Waals surface area (Å²) in [6, 6.07) is 5.11. The number of aromatic nitrogens is 1. The number of rotatable bonds is 5. The summed E-state index contributed by atoms with van der Waals surface area (Å²) < 4.78 is 0. The summed E-state index contributed by atoms with van der Waals surface area (Å²) in [4.78, 5) is 18.8. The van der Waals surface area contributed by atoms with Gasteiger partial charge in [-0.15, -0.1) is 0 Å². The Morgan fingerprint density at radius 2 is 2.12 bits per heavy atom. The van der Waals surface area contributed by atoms with E-state index in [4.69, 9.17) is 34.3 Å². The van der Waals surface area contributed by atoms with Crippen LogP contribution in [-0.4, -0.2) is 41.0 Å². The van der Waals surface area contributed by atoms with Crippen LogP contribution in [0.15, 0.2) is 42.9 Å². The second-order valence-corrected chi connectivity index (χ2v) is 8.20. The third-order valence-electron chi connectivity index (χ3n) is 5.28. The van der Waals surface area contributed by atoms with Crippen molar-refractivity contribution in [1.29, 1.82) is 5.41 Å². The zero-order valence-corrected chi connectivity index (χ0v) is 18.3. The minimum absolute atomic E-state index is 0.0462. The summed E-state index contributed by atoms with van der Waals surface area (Å²) in [5.41, 5.74) is 13.5. The smallest absolute Gasteiger partial charge is 0.253 e. The lowest BCUT2D eigenvalue weighted by atomic mass is 10.0. The molecule has 2 aliphatic heterocycles. The molecule has 0 radical (unpaired) electrons. The van der Waals surface area contributed by atoms with Gasteiger partial charge >= 0.3 is 0 Å². The van der Waals surface area contributed by atoms with E-state index in [0.29, 0.717) is 30.1 Å². The molecule has 0 spiro atoms. The van der Waals surface area contributed by atoms with Crippen LogP contribution in [0.1, 0.15) is 27.9 Å². The number of anilines is 1. The number of hydrogen-bond donors (Lipinski definition) is 6. The van der Waals surface area contributed by atoms with Gasteiger partial charge in [0.1, 0.15) is 5.84 Å². The number of benzene rings is 1. The Balaban J connectivity index is 1.45. The summed E-state index contributed by atoms with van der Waals surface area (Å²) in [7, 11) is 0. The van der Waals surface area contributed by atoms with E-state index in [2.05, 4.69) is 21.2 Å². The summed E-state index contributed by atoms with van der Waals surface area (Å²) in [5.74, 6) is -0.592. The topological polar surface area (TPSA) is 139 Å². The number of amidine groups is 1. The SMILES string of the molecule is N=C(N)c1c(Cl)cnc(N2CCC(NC(=O)c3ccc(C4=CNNC=C4)cc3Cl)C2)c1O. The van der Waals surface area contributed by atoms with E-state index >= 15 is 0 Å². The molecule has 1 aromatic carbocycles. The number of carbonyl (C=O) groups is 1. The summed E-state index contributed by atoms with van der Waals surface area (Å²) in [6.45, 7) is 0.982. The van der Waals surface area contributed by atoms with Crippen LogP contribution < -0.4 is 26.8 Å². The molecule has 0 aliphatic carbocycles. The van der Waals surface area contributed by atoms with E-state index in [0.717, 1.165) is 11.1 Å². The van der Waals surface area contributed by atoms with Crippen molar-refractivity contribution in [3.8, 4) is 5.75 Å². The van der Waals surface area contributed by atoms with E-state index in [1.54, 1.807) is 24.5 Å². The van der Waals surface area contributed by atoms with Crippen molar-refractivity contribution in [2.24, 2.45) is 5.73 Å². The van der Waals surface area contributed by atoms with Gasteiger partial charge in [0.25, 0.3) is 5.91 Å². The van der Waals surface area contributed by atoms with Crippen LogP contribution in [0.25, 0.3) is 5.57 Å². The summed E-state index contributed by atoms with van der Waals surface area (Å²) >= 11 is 12.4. The Morgan fingerprint density at radius 1 is 1.31 bits per heavy atom. The quantitative estimate of drug-likeness (QED) is 0.289. The molecule has 1 fully saturated rings. The van der Waals surface area contributed by atoms with Gasteiger partial charge < -0.3 is 31.9 Å². The minimum atomic E-state index is -0.343. The number of pyridine rings is 1. The highest BCUT2D eigenvalue weighted by molar-refractivity contribution is 6.34. The molecule has 166 valence electrons. The van der Waals surface area contributed by atoms with Crippen molar-refractivity contribution in [1.82, 2.24) is 21.2 Å². The summed E-state index contributed by atoms with van der Waals surface area (Å²) in [5, 5.41) is 21.5. The van der Waals surface area contributed by atoms with Crippen LogP contribution in [0.5, 0.6) is 5.75 Å².